The minimum atomic E-state index is 0.562. The number of hydrogen-bond donors (Lipinski definition) is 1. The Morgan fingerprint density at radius 1 is 1.50 bits per heavy atom. The summed E-state index contributed by atoms with van der Waals surface area (Å²) in [6.45, 7) is 3.02. The number of nitrogens with zero attached hydrogens (tertiary/aromatic N) is 1. The average Bonchev–Trinajstić information content (AvgIpc) is 2.26. The largest absolute Gasteiger partial charge is 0.308 e. The van der Waals surface area contributed by atoms with Gasteiger partial charge in [-0.1, -0.05) is 6.92 Å². The van der Waals surface area contributed by atoms with Gasteiger partial charge < -0.3 is 5.32 Å². The van der Waals surface area contributed by atoms with Crippen molar-refractivity contribution in [3.8, 4) is 0 Å². The molecule has 0 bridgehead atoms. The maximum Gasteiger partial charge on any atom is 0.0684 e. The van der Waals surface area contributed by atoms with Crippen LogP contribution in [0.2, 0.25) is 0 Å². The number of thioether (sulfide) groups is 1. The molecule has 0 fully saturated rings. The van der Waals surface area contributed by atoms with Crippen molar-refractivity contribution in [2.75, 3.05) is 12.0 Å². The fourth-order valence-electron chi connectivity index (χ4n) is 1.34. The van der Waals surface area contributed by atoms with Crippen LogP contribution >= 0.6 is 43.6 Å². The fraction of sp³-hybridized carbons (Fsp3) is 0.545. The maximum atomic E-state index is 4.38. The third-order valence-electron chi connectivity index (χ3n) is 2.30. The second-order valence-electron chi connectivity index (χ2n) is 3.52. The van der Waals surface area contributed by atoms with Gasteiger partial charge in [-0.3, -0.25) is 4.98 Å². The van der Waals surface area contributed by atoms with Gasteiger partial charge in [-0.15, -0.1) is 0 Å². The zero-order valence-corrected chi connectivity index (χ0v) is 13.5. The smallest absolute Gasteiger partial charge is 0.0684 e. The average molecular weight is 368 g/mol. The minimum Gasteiger partial charge on any atom is -0.308 e. The molecule has 0 aromatic carbocycles. The third-order valence-corrected chi connectivity index (χ3v) is 4.16. The molecule has 1 N–H and O–H groups in total. The molecule has 0 aliphatic heterocycles. The molecule has 2 nitrogen and oxygen atoms in total. The summed E-state index contributed by atoms with van der Waals surface area (Å²) in [5.41, 5.74) is 1.06. The van der Waals surface area contributed by atoms with Crippen LogP contribution in [-0.2, 0) is 6.54 Å². The van der Waals surface area contributed by atoms with Gasteiger partial charge in [0.2, 0.25) is 0 Å². The van der Waals surface area contributed by atoms with Crippen LogP contribution in [0.4, 0.5) is 0 Å². The molecule has 90 valence electrons. The maximum absolute atomic E-state index is 4.38. The van der Waals surface area contributed by atoms with Crippen LogP contribution in [0.5, 0.6) is 0 Å². The van der Waals surface area contributed by atoms with E-state index >= 15 is 0 Å². The predicted molar refractivity (Wildman–Crippen MR) is 78.9 cm³/mol. The van der Waals surface area contributed by atoms with Crippen molar-refractivity contribution < 1.29 is 0 Å². The summed E-state index contributed by atoms with van der Waals surface area (Å²) < 4.78 is 2.05. The lowest BCUT2D eigenvalue weighted by molar-refractivity contribution is 0.535. The summed E-state index contributed by atoms with van der Waals surface area (Å²) in [7, 11) is 0. The van der Waals surface area contributed by atoms with Crippen molar-refractivity contribution in [2.24, 2.45) is 0 Å². The predicted octanol–water partition coefficient (Wildman–Crippen LogP) is 3.84. The highest BCUT2D eigenvalue weighted by atomic mass is 79.9. The summed E-state index contributed by atoms with van der Waals surface area (Å²) in [6, 6.07) is 2.59. The summed E-state index contributed by atoms with van der Waals surface area (Å²) in [5.74, 6) is 1.14. The molecule has 5 heteroatoms. The zero-order chi connectivity index (χ0) is 12.0. The number of rotatable bonds is 6. The van der Waals surface area contributed by atoms with Gasteiger partial charge in [0.25, 0.3) is 0 Å². The molecule has 1 atom stereocenters. The second-order valence-corrected chi connectivity index (χ2v) is 6.20. The highest BCUT2D eigenvalue weighted by molar-refractivity contribution is 9.11. The Morgan fingerprint density at radius 3 is 2.81 bits per heavy atom. The molecule has 0 saturated heterocycles. The van der Waals surface area contributed by atoms with Crippen molar-refractivity contribution in [1.82, 2.24) is 10.3 Å². The van der Waals surface area contributed by atoms with E-state index in [0.717, 1.165) is 33.4 Å². The summed E-state index contributed by atoms with van der Waals surface area (Å²) in [6.07, 6.45) is 5.12. The van der Waals surface area contributed by atoms with E-state index in [9.17, 15) is 0 Å². The minimum absolute atomic E-state index is 0.562. The molecule has 1 rings (SSSR count). The molecule has 1 heterocycles. The standard InChI is InChI=1S/C11H16Br2N2S/c1-3-9(7-16-2)14-6-11-10(13)4-8(12)5-15-11/h4-5,9,14H,3,6-7H2,1-2H3. The Labute approximate surface area is 118 Å². The lowest BCUT2D eigenvalue weighted by atomic mass is 10.2. The van der Waals surface area contributed by atoms with Gasteiger partial charge in [0, 0.05) is 33.5 Å². The van der Waals surface area contributed by atoms with E-state index in [1.165, 1.54) is 0 Å². The lowest BCUT2D eigenvalue weighted by Gasteiger charge is -2.15. The number of halogens is 2. The Balaban J connectivity index is 2.53. The monoisotopic (exact) mass is 366 g/mol. The molecule has 0 aliphatic rings. The molecule has 0 spiro atoms. The van der Waals surface area contributed by atoms with Gasteiger partial charge in [-0.2, -0.15) is 11.8 Å². The van der Waals surface area contributed by atoms with E-state index in [1.807, 2.05) is 24.0 Å². The van der Waals surface area contributed by atoms with E-state index in [2.05, 4.69) is 55.3 Å². The van der Waals surface area contributed by atoms with E-state index in [4.69, 9.17) is 0 Å². The van der Waals surface area contributed by atoms with Crippen LogP contribution in [0.25, 0.3) is 0 Å². The normalized spacial score (nSPS) is 12.8. The first-order chi connectivity index (χ1) is 7.67. The van der Waals surface area contributed by atoms with Gasteiger partial charge in [-0.05, 0) is 50.6 Å². The first-order valence-electron chi connectivity index (χ1n) is 5.19. The topological polar surface area (TPSA) is 24.9 Å². The van der Waals surface area contributed by atoms with E-state index in [1.54, 1.807) is 0 Å². The number of hydrogen-bond acceptors (Lipinski definition) is 3. The van der Waals surface area contributed by atoms with Gasteiger partial charge in [0.15, 0.2) is 0 Å². The third kappa shape index (κ3) is 4.73. The highest BCUT2D eigenvalue weighted by Crippen LogP contribution is 2.19. The first-order valence-corrected chi connectivity index (χ1v) is 8.17. The molecule has 1 aromatic rings. The number of aromatic nitrogens is 1. The summed E-state index contributed by atoms with van der Waals surface area (Å²) in [4.78, 5) is 4.38. The van der Waals surface area contributed by atoms with Crippen LogP contribution in [0.3, 0.4) is 0 Å². The molecule has 0 aliphatic carbocycles. The van der Waals surface area contributed by atoms with Crippen LogP contribution in [0.1, 0.15) is 19.0 Å². The zero-order valence-electron chi connectivity index (χ0n) is 9.46. The van der Waals surface area contributed by atoms with Crippen LogP contribution < -0.4 is 5.32 Å². The summed E-state index contributed by atoms with van der Waals surface area (Å²) in [5, 5.41) is 3.52. The SMILES string of the molecule is CCC(CSC)NCc1ncc(Br)cc1Br. The van der Waals surface area contributed by atoms with Gasteiger partial charge in [-0.25, -0.2) is 0 Å². The van der Waals surface area contributed by atoms with Crippen LogP contribution in [0, 0.1) is 0 Å². The second kappa shape index (κ2) is 7.69. The molecular formula is C11H16Br2N2S. The molecule has 0 radical (unpaired) electrons. The highest BCUT2D eigenvalue weighted by Gasteiger charge is 2.07. The Kier molecular flexibility index (Phi) is 6.96. The van der Waals surface area contributed by atoms with Crippen molar-refractivity contribution in [1.29, 1.82) is 0 Å². The number of pyridine rings is 1. The fourth-order valence-corrected chi connectivity index (χ4v) is 3.22. The van der Waals surface area contributed by atoms with E-state index in [0.29, 0.717) is 6.04 Å². The lowest BCUT2D eigenvalue weighted by Crippen LogP contribution is -2.30. The Hall–Kier alpha value is 0.420. The Bertz CT molecular complexity index is 334. The van der Waals surface area contributed by atoms with Crippen LogP contribution in [-0.4, -0.2) is 23.0 Å². The van der Waals surface area contributed by atoms with Crippen molar-refractivity contribution in [3.63, 3.8) is 0 Å². The Morgan fingerprint density at radius 2 is 2.25 bits per heavy atom. The van der Waals surface area contributed by atoms with E-state index in [-0.39, 0.29) is 0 Å². The molecule has 0 saturated carbocycles. The van der Waals surface area contributed by atoms with Crippen molar-refractivity contribution in [2.45, 2.75) is 25.9 Å². The van der Waals surface area contributed by atoms with Crippen molar-refractivity contribution >= 4 is 43.6 Å². The first kappa shape index (κ1) is 14.5. The van der Waals surface area contributed by atoms with Crippen LogP contribution in [0.15, 0.2) is 21.2 Å². The van der Waals surface area contributed by atoms with Gasteiger partial charge >= 0.3 is 0 Å². The quantitative estimate of drug-likeness (QED) is 0.826. The molecule has 16 heavy (non-hydrogen) atoms. The summed E-state index contributed by atoms with van der Waals surface area (Å²) >= 11 is 8.79. The van der Waals surface area contributed by atoms with E-state index < -0.39 is 0 Å². The molecule has 1 aromatic heterocycles. The molecular weight excluding hydrogens is 352 g/mol. The van der Waals surface area contributed by atoms with Gasteiger partial charge in [0.1, 0.15) is 0 Å². The molecule has 0 amide bonds. The number of nitrogens with one attached hydrogen (secondary N) is 1. The molecule has 1 unspecified atom stereocenters. The van der Waals surface area contributed by atoms with Crippen molar-refractivity contribution in [3.05, 3.63) is 26.9 Å². The van der Waals surface area contributed by atoms with Gasteiger partial charge in [0.05, 0.1) is 5.69 Å².